The number of nitrogens with zero attached hydrogens (tertiary/aromatic N) is 1. The number of hydrogen-bond acceptors (Lipinski definition) is 1. The van der Waals surface area contributed by atoms with Crippen LogP contribution in [0.5, 0.6) is 0 Å². The Labute approximate surface area is 147 Å². The quantitative estimate of drug-likeness (QED) is 0.463. The van der Waals surface area contributed by atoms with Crippen LogP contribution in [0.2, 0.25) is 0 Å². The monoisotopic (exact) mass is 332 g/mol. The normalized spacial score (nSPS) is 11.6. The number of rotatable bonds is 5. The van der Waals surface area contributed by atoms with E-state index in [0.29, 0.717) is 0 Å². The lowest BCUT2D eigenvalue weighted by molar-refractivity contribution is 0.583. The molecule has 0 unspecified atom stereocenters. The molecule has 126 valence electrons. The molecule has 0 aliphatic rings. The molecule has 2 aromatic heterocycles. The first-order valence-corrected chi connectivity index (χ1v) is 8.36. The van der Waals surface area contributed by atoms with Gasteiger partial charge in [-0.15, -0.1) is 0 Å². The lowest BCUT2D eigenvalue weighted by Gasteiger charge is -2.09. The number of nitrogens with one attached hydrogen (secondary N) is 1. The zero-order chi connectivity index (χ0) is 17.8. The first-order chi connectivity index (χ1) is 12.1. The molecule has 0 spiro atoms. The smallest absolute Gasteiger partial charge is 0.213 e. The molecule has 2 nitrogen and oxygen atoms in total. The molecule has 2 heterocycles. The second kappa shape index (κ2) is 7.31. The van der Waals surface area contributed by atoms with Crippen molar-refractivity contribution >= 4 is 11.6 Å². The van der Waals surface area contributed by atoms with Gasteiger partial charge in [0.15, 0.2) is 0 Å². The molecule has 0 aliphatic heterocycles. The summed E-state index contributed by atoms with van der Waals surface area (Å²) in [6.45, 7) is 8.09. The highest BCUT2D eigenvalue weighted by Crippen LogP contribution is 2.32. The lowest BCUT2D eigenvalue weighted by atomic mass is 9.94. The molecule has 1 N–H and O–H groups in total. The number of benzene rings is 1. The predicted molar refractivity (Wildman–Crippen MR) is 103 cm³/mol. The topological polar surface area (TPSA) is 28.7 Å². The van der Waals surface area contributed by atoms with Crippen LogP contribution >= 0.6 is 0 Å². The Kier molecular flexibility index (Phi) is 4.94. The van der Waals surface area contributed by atoms with Crippen LogP contribution in [0.3, 0.4) is 0 Å². The molecule has 3 rings (SSSR count). The van der Waals surface area contributed by atoms with Gasteiger partial charge in [0.25, 0.3) is 0 Å². The second-order valence-corrected chi connectivity index (χ2v) is 5.92. The summed E-state index contributed by atoms with van der Waals surface area (Å²) in [6, 6.07) is 11.6. The minimum absolute atomic E-state index is 0.493. The summed E-state index contributed by atoms with van der Waals surface area (Å²) in [5.41, 5.74) is 7.43. The Balaban J connectivity index is 2.15. The maximum atomic E-state index is 13.5. The minimum atomic E-state index is -0.493. The van der Waals surface area contributed by atoms with Gasteiger partial charge in [-0.3, -0.25) is 0 Å². The largest absolute Gasteiger partial charge is 0.364 e. The Morgan fingerprint density at radius 3 is 2.76 bits per heavy atom. The van der Waals surface area contributed by atoms with E-state index in [4.69, 9.17) is 0 Å². The number of aromatic nitrogens is 2. The Morgan fingerprint density at radius 2 is 2.04 bits per heavy atom. The van der Waals surface area contributed by atoms with E-state index in [1.807, 2.05) is 13.1 Å². The van der Waals surface area contributed by atoms with E-state index in [9.17, 15) is 4.39 Å². The molecule has 3 heteroatoms. The first-order valence-electron chi connectivity index (χ1n) is 8.36. The molecule has 3 aromatic rings. The molecule has 1 aromatic carbocycles. The Hall–Kier alpha value is -2.94. The van der Waals surface area contributed by atoms with E-state index >= 15 is 0 Å². The average molecular weight is 332 g/mol. The summed E-state index contributed by atoms with van der Waals surface area (Å²) < 4.78 is 13.5. The van der Waals surface area contributed by atoms with Gasteiger partial charge in [-0.2, -0.15) is 4.39 Å². The third kappa shape index (κ3) is 3.45. The number of H-pyrrole nitrogens is 1. The summed E-state index contributed by atoms with van der Waals surface area (Å²) in [4.78, 5) is 6.94. The number of allylic oxidation sites excluding steroid dienone is 2. The maximum Gasteiger partial charge on any atom is 0.213 e. The summed E-state index contributed by atoms with van der Waals surface area (Å²) in [7, 11) is 0. The van der Waals surface area contributed by atoms with Gasteiger partial charge in [-0.1, -0.05) is 43.8 Å². The average Bonchev–Trinajstić information content (AvgIpc) is 2.99. The van der Waals surface area contributed by atoms with Gasteiger partial charge in [-0.05, 0) is 47.8 Å². The van der Waals surface area contributed by atoms with Crippen molar-refractivity contribution in [3.8, 4) is 11.1 Å². The van der Waals surface area contributed by atoms with Crippen molar-refractivity contribution in [3.63, 3.8) is 0 Å². The summed E-state index contributed by atoms with van der Waals surface area (Å²) in [5.74, 6) is -0.493. The third-order valence-electron chi connectivity index (χ3n) is 4.40. The van der Waals surface area contributed by atoms with Crippen molar-refractivity contribution in [2.45, 2.75) is 20.3 Å². The highest BCUT2D eigenvalue weighted by Gasteiger charge is 2.12. The van der Waals surface area contributed by atoms with Gasteiger partial charge in [-0.25, -0.2) is 4.98 Å². The zero-order valence-electron chi connectivity index (χ0n) is 14.5. The van der Waals surface area contributed by atoms with E-state index in [2.05, 4.69) is 53.8 Å². The maximum absolute atomic E-state index is 13.5. The van der Waals surface area contributed by atoms with Gasteiger partial charge < -0.3 is 4.98 Å². The Morgan fingerprint density at radius 1 is 1.24 bits per heavy atom. The van der Waals surface area contributed by atoms with Crippen LogP contribution in [0.4, 0.5) is 4.39 Å². The second-order valence-electron chi connectivity index (χ2n) is 5.92. The molecule has 0 aliphatic carbocycles. The minimum Gasteiger partial charge on any atom is -0.364 e. The lowest BCUT2D eigenvalue weighted by Crippen LogP contribution is -1.90. The number of halogens is 1. The van der Waals surface area contributed by atoms with Crippen molar-refractivity contribution in [1.29, 1.82) is 0 Å². The molecule has 0 amide bonds. The van der Waals surface area contributed by atoms with E-state index in [1.54, 1.807) is 12.1 Å². The van der Waals surface area contributed by atoms with Crippen LogP contribution in [-0.4, -0.2) is 9.97 Å². The zero-order valence-corrected chi connectivity index (χ0v) is 14.5. The third-order valence-corrected chi connectivity index (χ3v) is 4.40. The van der Waals surface area contributed by atoms with Crippen LogP contribution < -0.4 is 0 Å². The molecular weight excluding hydrogens is 311 g/mol. The molecule has 0 atom stereocenters. The van der Waals surface area contributed by atoms with Crippen LogP contribution in [0.15, 0.2) is 61.4 Å². The Bertz CT molecular complexity index is 935. The highest BCUT2D eigenvalue weighted by atomic mass is 19.1. The van der Waals surface area contributed by atoms with Crippen molar-refractivity contribution in [1.82, 2.24) is 9.97 Å². The summed E-state index contributed by atoms with van der Waals surface area (Å²) >= 11 is 0. The predicted octanol–water partition coefficient (Wildman–Crippen LogP) is 5.81. The molecular formula is C22H21FN2. The molecule has 0 saturated heterocycles. The van der Waals surface area contributed by atoms with Gasteiger partial charge in [0.05, 0.1) is 0 Å². The van der Waals surface area contributed by atoms with Gasteiger partial charge in [0.1, 0.15) is 0 Å². The van der Waals surface area contributed by atoms with Gasteiger partial charge >= 0.3 is 0 Å². The summed E-state index contributed by atoms with van der Waals surface area (Å²) in [6.07, 6.45) is 8.27. The molecule has 0 saturated carbocycles. The standard InChI is InChI=1S/C22H21FN2/c1-4-16-8-6-7-9-19(16)21-14-25-15(3)20(21)12-17(5-2)18-10-11-24-22(23)13-18/h5-14,25H,2,4H2,1,3H3/b17-12+. The highest BCUT2D eigenvalue weighted by molar-refractivity contribution is 5.92. The van der Waals surface area contributed by atoms with Crippen LogP contribution in [0.1, 0.15) is 29.3 Å². The van der Waals surface area contributed by atoms with Crippen molar-refractivity contribution < 1.29 is 4.39 Å². The van der Waals surface area contributed by atoms with Crippen LogP contribution in [0, 0.1) is 12.9 Å². The molecule has 0 bridgehead atoms. The van der Waals surface area contributed by atoms with E-state index in [1.165, 1.54) is 23.4 Å². The fourth-order valence-corrected chi connectivity index (χ4v) is 3.04. The molecule has 25 heavy (non-hydrogen) atoms. The van der Waals surface area contributed by atoms with Crippen LogP contribution in [0.25, 0.3) is 22.8 Å². The SMILES string of the molecule is C=C/C(=C\c1c(-c2ccccc2CC)c[nH]c1C)c1ccnc(F)c1. The van der Waals surface area contributed by atoms with Crippen molar-refractivity contribution in [2.24, 2.45) is 0 Å². The molecule has 0 radical (unpaired) electrons. The number of pyridine rings is 1. The number of hydrogen-bond donors (Lipinski definition) is 1. The van der Waals surface area contributed by atoms with E-state index in [-0.39, 0.29) is 0 Å². The number of aryl methyl sites for hydroxylation is 2. The van der Waals surface area contributed by atoms with E-state index < -0.39 is 5.95 Å². The van der Waals surface area contributed by atoms with Gasteiger partial charge in [0, 0.05) is 35.3 Å². The number of aromatic amines is 1. The summed E-state index contributed by atoms with van der Waals surface area (Å²) in [5, 5.41) is 0. The van der Waals surface area contributed by atoms with Crippen molar-refractivity contribution in [2.75, 3.05) is 0 Å². The van der Waals surface area contributed by atoms with Crippen molar-refractivity contribution in [3.05, 3.63) is 89.8 Å². The fraction of sp³-hybridized carbons (Fsp3) is 0.136. The van der Waals surface area contributed by atoms with Crippen LogP contribution in [-0.2, 0) is 6.42 Å². The molecule has 0 fully saturated rings. The van der Waals surface area contributed by atoms with E-state index in [0.717, 1.165) is 34.4 Å². The van der Waals surface area contributed by atoms with Gasteiger partial charge in [0.2, 0.25) is 5.95 Å². The first kappa shape index (κ1) is 16.9. The fourth-order valence-electron chi connectivity index (χ4n) is 3.04.